The van der Waals surface area contributed by atoms with Crippen molar-refractivity contribution in [3.05, 3.63) is 46.8 Å². The van der Waals surface area contributed by atoms with Crippen molar-refractivity contribution in [1.82, 2.24) is 4.98 Å². The number of anilines is 1. The lowest BCUT2D eigenvalue weighted by molar-refractivity contribution is 0.269. The van der Waals surface area contributed by atoms with Crippen molar-refractivity contribution in [2.24, 2.45) is 0 Å². The van der Waals surface area contributed by atoms with Crippen LogP contribution < -0.4 is 5.32 Å². The van der Waals surface area contributed by atoms with Gasteiger partial charge < -0.3 is 14.4 Å². The fourth-order valence-electron chi connectivity index (χ4n) is 1.63. The lowest BCUT2D eigenvalue weighted by atomic mass is 10.4. The Morgan fingerprint density at radius 2 is 2.05 bits per heavy atom. The first-order valence-electron chi connectivity index (χ1n) is 5.62. The summed E-state index contributed by atoms with van der Waals surface area (Å²) in [6, 6.07) is 9.25. The van der Waals surface area contributed by atoms with Gasteiger partial charge in [0.1, 0.15) is 5.82 Å². The molecule has 0 bridgehead atoms. The maximum Gasteiger partial charge on any atom is 0.357 e. The number of hydrogen-bond acceptors (Lipinski definition) is 6. The van der Waals surface area contributed by atoms with Crippen LogP contribution in [-0.4, -0.2) is 19.2 Å². The highest BCUT2D eigenvalue weighted by atomic mass is 32.1. The molecule has 0 radical (unpaired) electrons. The van der Waals surface area contributed by atoms with E-state index in [1.807, 2.05) is 29.6 Å². The predicted molar refractivity (Wildman–Crippen MR) is 76.5 cm³/mol. The average molecular weight is 298 g/mol. The molecular weight excluding hydrogens is 283 g/mol. The van der Waals surface area contributed by atoms with Crippen LogP contribution in [-0.2, 0) is 13.6 Å². The molecule has 0 fully saturated rings. The number of aromatic nitrogens is 1. The van der Waals surface area contributed by atoms with E-state index in [9.17, 15) is 4.57 Å². The van der Waals surface area contributed by atoms with Gasteiger partial charge in [0, 0.05) is 25.3 Å². The van der Waals surface area contributed by atoms with Crippen LogP contribution in [0.4, 0.5) is 5.82 Å². The summed E-state index contributed by atoms with van der Waals surface area (Å²) in [5.74, 6) is 0.0487. The predicted octanol–water partition coefficient (Wildman–Crippen LogP) is 3.74. The molecule has 1 atom stereocenters. The Balaban J connectivity index is 2.33. The maximum absolute atomic E-state index is 12.6. The van der Waals surface area contributed by atoms with Gasteiger partial charge in [0.15, 0.2) is 5.78 Å². The first-order valence-corrected chi connectivity index (χ1v) is 8.11. The molecule has 2 aromatic rings. The van der Waals surface area contributed by atoms with E-state index in [4.69, 9.17) is 9.05 Å². The second-order valence-corrected chi connectivity index (χ2v) is 6.99. The number of nitrogens with one attached hydrogen (secondary N) is 1. The van der Waals surface area contributed by atoms with Crippen LogP contribution in [0, 0.1) is 0 Å². The Kier molecular flexibility index (Phi) is 4.71. The number of thiophene rings is 1. The molecule has 0 aliphatic carbocycles. The average Bonchev–Trinajstić information content (AvgIpc) is 2.99. The number of rotatable bonds is 6. The first kappa shape index (κ1) is 14.2. The summed E-state index contributed by atoms with van der Waals surface area (Å²) in [7, 11) is -0.526. The zero-order valence-corrected chi connectivity index (χ0v) is 12.4. The monoisotopic (exact) mass is 298 g/mol. The summed E-state index contributed by atoms with van der Waals surface area (Å²) < 4.78 is 22.8. The summed E-state index contributed by atoms with van der Waals surface area (Å²) >= 11 is 1.49. The molecule has 0 aliphatic heterocycles. The highest BCUT2D eigenvalue weighted by Crippen LogP contribution is 2.60. The molecule has 2 rings (SSSR count). The molecular formula is C12H15N2O3PS. The molecule has 0 saturated heterocycles. The van der Waals surface area contributed by atoms with Gasteiger partial charge in [0.25, 0.3) is 0 Å². The minimum atomic E-state index is -3.29. The highest BCUT2D eigenvalue weighted by molar-refractivity contribution is 7.54. The molecule has 7 heteroatoms. The van der Waals surface area contributed by atoms with Crippen LogP contribution in [0.2, 0.25) is 0 Å². The van der Waals surface area contributed by atoms with E-state index in [1.54, 1.807) is 12.3 Å². The number of hydrogen-bond donors (Lipinski definition) is 1. The van der Waals surface area contributed by atoms with Gasteiger partial charge in [-0.05, 0) is 23.6 Å². The first-order chi connectivity index (χ1) is 9.19. The summed E-state index contributed by atoms with van der Waals surface area (Å²) in [5, 5.41) is 5.02. The maximum atomic E-state index is 12.6. The SMILES string of the molecule is COP(=O)(OC)[C@@H](Nc1ccccn1)c1cccs1. The standard InChI is InChI=1S/C12H15N2O3PS/c1-16-18(15,17-2)12(10-6-5-9-19-10)14-11-7-3-4-8-13-11/h3-9,12H,1-2H3,(H,13,14)/t12-/m1/s1. The third kappa shape index (κ3) is 3.22. The van der Waals surface area contributed by atoms with Gasteiger partial charge in [0.05, 0.1) is 0 Å². The van der Waals surface area contributed by atoms with Crippen molar-refractivity contribution < 1.29 is 13.6 Å². The Labute approximate surface area is 116 Å². The zero-order chi connectivity index (χ0) is 13.7. The van der Waals surface area contributed by atoms with Crippen LogP contribution in [0.25, 0.3) is 0 Å². The van der Waals surface area contributed by atoms with E-state index in [2.05, 4.69) is 10.3 Å². The van der Waals surface area contributed by atoms with Crippen LogP contribution in [0.3, 0.4) is 0 Å². The van der Waals surface area contributed by atoms with Crippen LogP contribution >= 0.6 is 18.9 Å². The molecule has 0 amide bonds. The van der Waals surface area contributed by atoms with Gasteiger partial charge in [-0.1, -0.05) is 12.1 Å². The van der Waals surface area contributed by atoms with Crippen molar-refractivity contribution in [3.63, 3.8) is 0 Å². The van der Waals surface area contributed by atoms with E-state index in [0.29, 0.717) is 5.82 Å². The van der Waals surface area contributed by atoms with Gasteiger partial charge in [-0.2, -0.15) is 0 Å². The number of nitrogens with zero attached hydrogens (tertiary/aromatic N) is 1. The topological polar surface area (TPSA) is 60.5 Å². The summed E-state index contributed by atoms with van der Waals surface area (Å²) in [4.78, 5) is 5.04. The van der Waals surface area contributed by atoms with Crippen molar-refractivity contribution in [2.45, 2.75) is 5.78 Å². The molecule has 0 spiro atoms. The van der Waals surface area contributed by atoms with Crippen LogP contribution in [0.15, 0.2) is 41.9 Å². The largest absolute Gasteiger partial charge is 0.357 e. The molecule has 2 heterocycles. The summed E-state index contributed by atoms with van der Waals surface area (Å²) in [6.45, 7) is 0. The van der Waals surface area contributed by atoms with Gasteiger partial charge >= 0.3 is 7.60 Å². The van der Waals surface area contributed by atoms with Gasteiger partial charge in [-0.15, -0.1) is 11.3 Å². The lowest BCUT2D eigenvalue weighted by Crippen LogP contribution is -2.13. The second kappa shape index (κ2) is 6.30. The molecule has 1 N–H and O–H groups in total. The van der Waals surface area contributed by atoms with Crippen molar-refractivity contribution in [3.8, 4) is 0 Å². The molecule has 102 valence electrons. The third-order valence-corrected chi connectivity index (χ3v) is 5.76. The Morgan fingerprint density at radius 3 is 2.58 bits per heavy atom. The highest BCUT2D eigenvalue weighted by Gasteiger charge is 2.36. The zero-order valence-electron chi connectivity index (χ0n) is 10.6. The van der Waals surface area contributed by atoms with Gasteiger partial charge in [-0.3, -0.25) is 4.57 Å². The molecule has 19 heavy (non-hydrogen) atoms. The van der Waals surface area contributed by atoms with Crippen LogP contribution in [0.5, 0.6) is 0 Å². The van der Waals surface area contributed by atoms with E-state index in [-0.39, 0.29) is 0 Å². The third-order valence-electron chi connectivity index (χ3n) is 2.59. The van der Waals surface area contributed by atoms with Gasteiger partial charge in [0.2, 0.25) is 0 Å². The second-order valence-electron chi connectivity index (χ2n) is 3.68. The van der Waals surface area contributed by atoms with Crippen molar-refractivity contribution >= 4 is 24.8 Å². The normalized spacial score (nSPS) is 13.2. The molecule has 0 saturated carbocycles. The van der Waals surface area contributed by atoms with Crippen molar-refractivity contribution in [1.29, 1.82) is 0 Å². The fourth-order valence-corrected chi connectivity index (χ4v) is 4.11. The van der Waals surface area contributed by atoms with Gasteiger partial charge in [-0.25, -0.2) is 4.98 Å². The summed E-state index contributed by atoms with van der Waals surface area (Å²) in [5.41, 5.74) is 0. The van der Waals surface area contributed by atoms with E-state index < -0.39 is 13.4 Å². The van der Waals surface area contributed by atoms with E-state index >= 15 is 0 Å². The molecule has 0 aliphatic rings. The summed E-state index contributed by atoms with van der Waals surface area (Å²) in [6.07, 6.45) is 1.67. The minimum absolute atomic E-state index is 0.572. The number of pyridine rings is 1. The van der Waals surface area contributed by atoms with E-state index in [1.165, 1.54) is 25.6 Å². The van der Waals surface area contributed by atoms with Crippen molar-refractivity contribution in [2.75, 3.05) is 19.5 Å². The quantitative estimate of drug-likeness (QED) is 0.823. The Hall–Kier alpha value is -1.20. The molecule has 0 aromatic carbocycles. The molecule has 2 aromatic heterocycles. The molecule has 5 nitrogen and oxygen atoms in total. The Morgan fingerprint density at radius 1 is 1.26 bits per heavy atom. The minimum Gasteiger partial charge on any atom is -0.352 e. The Bertz CT molecular complexity index is 539. The molecule has 0 unspecified atom stereocenters. The van der Waals surface area contributed by atoms with Crippen LogP contribution in [0.1, 0.15) is 10.7 Å². The lowest BCUT2D eigenvalue weighted by Gasteiger charge is -2.24. The fraction of sp³-hybridized carbons (Fsp3) is 0.250. The van der Waals surface area contributed by atoms with E-state index in [0.717, 1.165) is 4.88 Å². The smallest absolute Gasteiger partial charge is 0.352 e.